The number of carboxylic acids is 1. The third-order valence-electron chi connectivity index (χ3n) is 4.69. The Morgan fingerprint density at radius 2 is 1.74 bits per heavy atom. The Labute approximate surface area is 155 Å². The molecule has 0 aliphatic heterocycles. The number of nitrogens with one attached hydrogen (secondary N) is 2. The average Bonchev–Trinajstić information content (AvgIpc) is 2.59. The zero-order valence-electron chi connectivity index (χ0n) is 14.4. The van der Waals surface area contributed by atoms with Crippen molar-refractivity contribution in [2.24, 2.45) is 11.8 Å². The van der Waals surface area contributed by atoms with Gasteiger partial charge in [0.2, 0.25) is 5.91 Å². The standard InChI is InChI=1S/C20H19FN2O4/c21-14-6-4-13(5-7-14)18(24)23-15-3-1-2-12(10-15)11-22-19(25)16-8-9-17(16)20(26)27/h1-7,10,16-17H,8-9,11H2,(H,22,25)(H,23,24)(H,26,27). The van der Waals surface area contributed by atoms with E-state index in [0.717, 1.165) is 5.56 Å². The van der Waals surface area contributed by atoms with E-state index in [4.69, 9.17) is 5.11 Å². The van der Waals surface area contributed by atoms with Gasteiger partial charge >= 0.3 is 5.97 Å². The molecule has 0 bridgehead atoms. The van der Waals surface area contributed by atoms with Gasteiger partial charge in [0, 0.05) is 17.8 Å². The molecule has 0 spiro atoms. The van der Waals surface area contributed by atoms with Gasteiger partial charge in [-0.2, -0.15) is 0 Å². The van der Waals surface area contributed by atoms with Gasteiger partial charge in [0.05, 0.1) is 11.8 Å². The Bertz CT molecular complexity index is 867. The second kappa shape index (κ2) is 7.99. The van der Waals surface area contributed by atoms with Gasteiger partial charge in [-0.15, -0.1) is 0 Å². The minimum absolute atomic E-state index is 0.238. The Kier molecular flexibility index (Phi) is 5.49. The van der Waals surface area contributed by atoms with Crippen molar-refractivity contribution in [3.8, 4) is 0 Å². The Balaban J connectivity index is 1.57. The maximum Gasteiger partial charge on any atom is 0.307 e. The van der Waals surface area contributed by atoms with Crippen molar-refractivity contribution in [1.82, 2.24) is 5.32 Å². The predicted octanol–water partition coefficient (Wildman–Crippen LogP) is 2.81. The summed E-state index contributed by atoms with van der Waals surface area (Å²) >= 11 is 0. The number of amides is 2. The Morgan fingerprint density at radius 1 is 1.04 bits per heavy atom. The summed E-state index contributed by atoms with van der Waals surface area (Å²) in [5.41, 5.74) is 1.65. The summed E-state index contributed by atoms with van der Waals surface area (Å²) in [5, 5.41) is 14.5. The SMILES string of the molecule is O=C(Nc1cccc(CNC(=O)C2CCC2C(=O)O)c1)c1ccc(F)cc1. The van der Waals surface area contributed by atoms with Crippen LogP contribution in [0.4, 0.5) is 10.1 Å². The summed E-state index contributed by atoms with van der Waals surface area (Å²) in [4.78, 5) is 35.3. The molecule has 7 heteroatoms. The van der Waals surface area contributed by atoms with Gasteiger partial charge in [-0.1, -0.05) is 12.1 Å². The highest BCUT2D eigenvalue weighted by molar-refractivity contribution is 6.04. The van der Waals surface area contributed by atoms with Gasteiger partial charge < -0.3 is 15.7 Å². The summed E-state index contributed by atoms with van der Waals surface area (Å²) < 4.78 is 12.9. The number of anilines is 1. The largest absolute Gasteiger partial charge is 0.481 e. The average molecular weight is 370 g/mol. The fourth-order valence-electron chi connectivity index (χ4n) is 2.99. The van der Waals surface area contributed by atoms with E-state index in [1.54, 1.807) is 24.3 Å². The van der Waals surface area contributed by atoms with E-state index in [9.17, 15) is 18.8 Å². The van der Waals surface area contributed by atoms with Crippen molar-refractivity contribution < 1.29 is 23.9 Å². The van der Waals surface area contributed by atoms with Crippen LogP contribution in [0.5, 0.6) is 0 Å². The first kappa shape index (κ1) is 18.6. The third kappa shape index (κ3) is 4.49. The molecular formula is C20H19FN2O4. The lowest BCUT2D eigenvalue weighted by Crippen LogP contribution is -2.43. The molecule has 2 aromatic rings. The minimum atomic E-state index is -0.938. The molecule has 2 amide bonds. The van der Waals surface area contributed by atoms with Crippen LogP contribution in [0.15, 0.2) is 48.5 Å². The lowest BCUT2D eigenvalue weighted by atomic mass is 9.73. The van der Waals surface area contributed by atoms with Crippen molar-refractivity contribution in [2.75, 3.05) is 5.32 Å². The van der Waals surface area contributed by atoms with Gasteiger partial charge in [0.1, 0.15) is 5.82 Å². The minimum Gasteiger partial charge on any atom is -0.481 e. The molecule has 2 atom stereocenters. The number of carbonyl (C=O) groups excluding carboxylic acids is 2. The quantitative estimate of drug-likeness (QED) is 0.729. The first-order chi connectivity index (χ1) is 12.9. The number of carboxylic acid groups (broad SMARTS) is 1. The highest BCUT2D eigenvalue weighted by Crippen LogP contribution is 2.34. The normalized spacial score (nSPS) is 18.3. The number of hydrogen-bond donors (Lipinski definition) is 3. The fourth-order valence-corrected chi connectivity index (χ4v) is 2.99. The van der Waals surface area contributed by atoms with E-state index >= 15 is 0 Å². The molecular weight excluding hydrogens is 351 g/mol. The molecule has 0 aromatic heterocycles. The summed E-state index contributed by atoms with van der Waals surface area (Å²) in [7, 11) is 0. The predicted molar refractivity (Wildman–Crippen MR) is 96.5 cm³/mol. The molecule has 140 valence electrons. The van der Waals surface area contributed by atoms with E-state index in [1.807, 2.05) is 0 Å². The van der Waals surface area contributed by atoms with Crippen LogP contribution in [0.25, 0.3) is 0 Å². The lowest BCUT2D eigenvalue weighted by Gasteiger charge is -2.31. The zero-order chi connectivity index (χ0) is 19.4. The van der Waals surface area contributed by atoms with Crippen molar-refractivity contribution >= 4 is 23.5 Å². The number of hydrogen-bond acceptors (Lipinski definition) is 3. The van der Waals surface area contributed by atoms with E-state index in [-0.39, 0.29) is 18.4 Å². The molecule has 6 nitrogen and oxygen atoms in total. The van der Waals surface area contributed by atoms with E-state index in [0.29, 0.717) is 24.1 Å². The van der Waals surface area contributed by atoms with E-state index < -0.39 is 23.6 Å². The Hall–Kier alpha value is -3.22. The fraction of sp³-hybridized carbons (Fsp3) is 0.250. The number of benzene rings is 2. The zero-order valence-corrected chi connectivity index (χ0v) is 14.4. The van der Waals surface area contributed by atoms with Crippen LogP contribution in [-0.4, -0.2) is 22.9 Å². The van der Waals surface area contributed by atoms with Gasteiger partial charge in [0.15, 0.2) is 0 Å². The topological polar surface area (TPSA) is 95.5 Å². The number of halogens is 1. The molecule has 0 saturated heterocycles. The van der Waals surface area contributed by atoms with Crippen molar-refractivity contribution in [1.29, 1.82) is 0 Å². The lowest BCUT2D eigenvalue weighted by molar-refractivity contribution is -0.152. The Morgan fingerprint density at radius 3 is 2.37 bits per heavy atom. The summed E-state index contributed by atoms with van der Waals surface area (Å²) in [6, 6.07) is 12.2. The number of aliphatic carboxylic acids is 1. The first-order valence-electron chi connectivity index (χ1n) is 8.60. The molecule has 3 rings (SSSR count). The molecule has 2 unspecified atom stereocenters. The van der Waals surface area contributed by atoms with Crippen LogP contribution in [0.3, 0.4) is 0 Å². The van der Waals surface area contributed by atoms with Gasteiger partial charge in [0.25, 0.3) is 5.91 Å². The molecule has 1 fully saturated rings. The number of rotatable bonds is 6. The summed E-state index contributed by atoms with van der Waals surface area (Å²) in [6.45, 7) is 0.238. The molecule has 1 aliphatic rings. The van der Waals surface area contributed by atoms with E-state index in [1.165, 1.54) is 24.3 Å². The van der Waals surface area contributed by atoms with Crippen LogP contribution >= 0.6 is 0 Å². The first-order valence-corrected chi connectivity index (χ1v) is 8.60. The van der Waals surface area contributed by atoms with Crippen LogP contribution < -0.4 is 10.6 Å². The van der Waals surface area contributed by atoms with Crippen molar-refractivity contribution in [3.05, 3.63) is 65.5 Å². The van der Waals surface area contributed by atoms with Crippen LogP contribution in [0, 0.1) is 17.7 Å². The molecule has 1 saturated carbocycles. The summed E-state index contributed by atoms with van der Waals surface area (Å²) in [6.07, 6.45) is 1.11. The maximum atomic E-state index is 12.9. The number of carbonyl (C=O) groups is 3. The highest BCUT2D eigenvalue weighted by atomic mass is 19.1. The molecule has 0 heterocycles. The van der Waals surface area contributed by atoms with Gasteiger partial charge in [-0.3, -0.25) is 14.4 Å². The third-order valence-corrected chi connectivity index (χ3v) is 4.69. The molecule has 27 heavy (non-hydrogen) atoms. The molecule has 3 N–H and O–H groups in total. The maximum absolute atomic E-state index is 12.9. The molecule has 1 aliphatic carbocycles. The van der Waals surface area contributed by atoms with Gasteiger partial charge in [-0.05, 0) is 54.8 Å². The second-order valence-corrected chi connectivity index (χ2v) is 6.51. The highest BCUT2D eigenvalue weighted by Gasteiger charge is 2.41. The molecule has 2 aromatic carbocycles. The second-order valence-electron chi connectivity index (χ2n) is 6.51. The smallest absolute Gasteiger partial charge is 0.307 e. The van der Waals surface area contributed by atoms with Gasteiger partial charge in [-0.25, -0.2) is 4.39 Å². The van der Waals surface area contributed by atoms with Crippen molar-refractivity contribution in [2.45, 2.75) is 19.4 Å². The van der Waals surface area contributed by atoms with Crippen LogP contribution in [0.1, 0.15) is 28.8 Å². The molecule has 0 radical (unpaired) electrons. The van der Waals surface area contributed by atoms with Crippen molar-refractivity contribution in [3.63, 3.8) is 0 Å². The van der Waals surface area contributed by atoms with Crippen LogP contribution in [-0.2, 0) is 16.1 Å². The monoisotopic (exact) mass is 370 g/mol. The van der Waals surface area contributed by atoms with Crippen LogP contribution in [0.2, 0.25) is 0 Å². The summed E-state index contributed by atoms with van der Waals surface area (Å²) in [5.74, 6) is -3.08. The van der Waals surface area contributed by atoms with E-state index in [2.05, 4.69) is 10.6 Å².